The lowest BCUT2D eigenvalue weighted by Crippen LogP contribution is -2.33. The minimum absolute atomic E-state index is 0.0428. The summed E-state index contributed by atoms with van der Waals surface area (Å²) in [6.07, 6.45) is 1.01. The molecular formula is C18H24N4OS. The monoisotopic (exact) mass is 344 g/mol. The third-order valence-corrected chi connectivity index (χ3v) is 6.76. The van der Waals surface area contributed by atoms with Crippen LogP contribution < -0.4 is 15.8 Å². The molecule has 0 spiro atoms. The highest BCUT2D eigenvalue weighted by Gasteiger charge is 2.63. The fourth-order valence-corrected chi connectivity index (χ4v) is 5.59. The molecule has 0 bridgehead atoms. The van der Waals surface area contributed by atoms with Crippen molar-refractivity contribution in [2.24, 2.45) is 22.1 Å². The van der Waals surface area contributed by atoms with Crippen LogP contribution in [-0.2, 0) is 6.42 Å². The van der Waals surface area contributed by atoms with Crippen LogP contribution in [0, 0.1) is 16.7 Å². The van der Waals surface area contributed by atoms with E-state index in [2.05, 4.69) is 44.3 Å². The predicted molar refractivity (Wildman–Crippen MR) is 99.0 cm³/mol. The molecule has 4 atom stereocenters. The van der Waals surface area contributed by atoms with Crippen molar-refractivity contribution in [3.8, 4) is 5.75 Å². The van der Waals surface area contributed by atoms with E-state index in [-0.39, 0.29) is 17.4 Å². The first-order chi connectivity index (χ1) is 11.4. The summed E-state index contributed by atoms with van der Waals surface area (Å²) >= 11 is 1.69. The second kappa shape index (κ2) is 5.41. The number of nitrogens with one attached hydrogen (secondary N) is 2. The second-order valence-corrected chi connectivity index (χ2v) is 8.90. The highest BCUT2D eigenvalue weighted by molar-refractivity contribution is 8.14. The Morgan fingerprint density at radius 1 is 1.46 bits per heavy atom. The molecule has 1 fully saturated rings. The molecule has 24 heavy (non-hydrogen) atoms. The summed E-state index contributed by atoms with van der Waals surface area (Å²) in [5.41, 5.74) is 8.52. The van der Waals surface area contributed by atoms with E-state index >= 15 is 0 Å². The number of thioether (sulfide) groups is 1. The summed E-state index contributed by atoms with van der Waals surface area (Å²) in [5, 5.41) is 11.4. The first-order valence-corrected chi connectivity index (χ1v) is 9.37. The third-order valence-electron chi connectivity index (χ3n) is 5.68. The standard InChI is InChI=1S/C18H24N4OS/c1-9-15(21-17(24-9)22-16(19)20)14-13(18(14,2)3)11-5-4-6-12-10(11)7-8-23-12/h4-6,9,13-15H,7-8H2,1-3H3,(H4,19,20,21,22)/t9?,13-,14+,15?/m1/s1. The molecular weight excluding hydrogens is 320 g/mol. The van der Waals surface area contributed by atoms with Crippen molar-refractivity contribution in [2.45, 2.75) is 44.4 Å². The molecule has 1 aromatic carbocycles. The van der Waals surface area contributed by atoms with Gasteiger partial charge in [-0.3, -0.25) is 10.4 Å². The molecule has 128 valence electrons. The van der Waals surface area contributed by atoms with Gasteiger partial charge in [0.05, 0.1) is 12.6 Å². The number of guanidine groups is 1. The number of rotatable bonds is 2. The Labute approximate surface area is 147 Å². The molecule has 2 unspecified atom stereocenters. The highest BCUT2D eigenvalue weighted by atomic mass is 32.2. The number of fused-ring (bicyclic) bond motifs is 1. The second-order valence-electron chi connectivity index (χ2n) is 7.53. The summed E-state index contributed by atoms with van der Waals surface area (Å²) in [4.78, 5) is 4.85. The molecule has 0 saturated heterocycles. The third kappa shape index (κ3) is 2.39. The molecule has 0 radical (unpaired) electrons. The van der Waals surface area contributed by atoms with Crippen LogP contribution in [0.4, 0.5) is 0 Å². The number of nitrogens with two attached hydrogens (primary N) is 1. The van der Waals surface area contributed by atoms with E-state index in [1.807, 2.05) is 0 Å². The van der Waals surface area contributed by atoms with Crippen LogP contribution in [0.1, 0.15) is 37.8 Å². The van der Waals surface area contributed by atoms with Gasteiger partial charge in [0.1, 0.15) is 5.75 Å². The van der Waals surface area contributed by atoms with Crippen molar-refractivity contribution in [3.63, 3.8) is 0 Å². The number of benzene rings is 1. The van der Waals surface area contributed by atoms with Crippen molar-refractivity contribution in [1.29, 1.82) is 5.41 Å². The fourth-order valence-electron chi connectivity index (χ4n) is 4.51. The van der Waals surface area contributed by atoms with Crippen molar-refractivity contribution in [1.82, 2.24) is 5.32 Å². The van der Waals surface area contributed by atoms with E-state index in [0.717, 1.165) is 23.9 Å². The van der Waals surface area contributed by atoms with Gasteiger partial charge >= 0.3 is 0 Å². The molecule has 4 rings (SSSR count). The smallest absolute Gasteiger partial charge is 0.191 e. The number of hydrogen-bond donors (Lipinski definition) is 3. The van der Waals surface area contributed by atoms with Crippen LogP contribution in [0.25, 0.3) is 0 Å². The van der Waals surface area contributed by atoms with E-state index in [9.17, 15) is 0 Å². The molecule has 2 aliphatic heterocycles. The molecule has 1 saturated carbocycles. The molecule has 3 aliphatic rings. The van der Waals surface area contributed by atoms with Crippen LogP contribution in [0.2, 0.25) is 0 Å². The van der Waals surface area contributed by atoms with Crippen molar-refractivity contribution in [2.75, 3.05) is 6.61 Å². The van der Waals surface area contributed by atoms with E-state index in [0.29, 0.717) is 17.1 Å². The van der Waals surface area contributed by atoms with Gasteiger partial charge in [0.2, 0.25) is 0 Å². The minimum Gasteiger partial charge on any atom is -0.493 e. The number of nitrogens with zero attached hydrogens (tertiary/aromatic N) is 1. The summed E-state index contributed by atoms with van der Waals surface area (Å²) in [6.45, 7) is 7.71. The normalized spacial score (nSPS) is 32.7. The van der Waals surface area contributed by atoms with Gasteiger partial charge in [-0.05, 0) is 28.9 Å². The quantitative estimate of drug-likeness (QED) is 0.569. The number of ether oxygens (including phenoxy) is 1. The molecule has 2 heterocycles. The predicted octanol–water partition coefficient (Wildman–Crippen LogP) is 2.70. The van der Waals surface area contributed by atoms with Crippen molar-refractivity contribution in [3.05, 3.63) is 29.3 Å². The SMILES string of the molecule is CC1SC(NC(=N)N)=NC1[C@@H]1[C@@H](c2cccc3c2CCO3)C1(C)C. The summed E-state index contributed by atoms with van der Waals surface area (Å²) in [7, 11) is 0. The maximum Gasteiger partial charge on any atom is 0.191 e. The maximum atomic E-state index is 7.41. The van der Waals surface area contributed by atoms with Gasteiger partial charge in [0, 0.05) is 17.2 Å². The molecule has 5 nitrogen and oxygen atoms in total. The zero-order valence-corrected chi connectivity index (χ0v) is 15.1. The van der Waals surface area contributed by atoms with E-state index in [1.54, 1.807) is 11.8 Å². The molecule has 6 heteroatoms. The fraction of sp³-hybridized carbons (Fsp3) is 0.556. The van der Waals surface area contributed by atoms with Gasteiger partial charge in [0.25, 0.3) is 0 Å². The lowest BCUT2D eigenvalue weighted by atomic mass is 9.96. The Morgan fingerprint density at radius 2 is 2.25 bits per heavy atom. The zero-order chi connectivity index (χ0) is 17.1. The Balaban J connectivity index is 1.63. The molecule has 1 aromatic rings. The van der Waals surface area contributed by atoms with Crippen LogP contribution in [0.3, 0.4) is 0 Å². The lowest BCUT2D eigenvalue weighted by Gasteiger charge is -2.13. The van der Waals surface area contributed by atoms with Crippen molar-refractivity contribution < 1.29 is 4.74 Å². The molecule has 4 N–H and O–H groups in total. The van der Waals surface area contributed by atoms with Crippen molar-refractivity contribution >= 4 is 22.9 Å². The van der Waals surface area contributed by atoms with Gasteiger partial charge in [0.15, 0.2) is 11.1 Å². The summed E-state index contributed by atoms with van der Waals surface area (Å²) < 4.78 is 5.75. The van der Waals surface area contributed by atoms with E-state index in [4.69, 9.17) is 20.9 Å². The zero-order valence-electron chi connectivity index (χ0n) is 14.3. The van der Waals surface area contributed by atoms with Gasteiger partial charge in [-0.1, -0.05) is 44.7 Å². The Kier molecular flexibility index (Phi) is 3.56. The van der Waals surface area contributed by atoms with Crippen LogP contribution in [0.5, 0.6) is 5.75 Å². The largest absolute Gasteiger partial charge is 0.493 e. The number of aliphatic imine (C=N–C) groups is 1. The topological polar surface area (TPSA) is 83.5 Å². The molecule has 1 aliphatic carbocycles. The highest BCUT2D eigenvalue weighted by Crippen LogP contribution is 2.68. The van der Waals surface area contributed by atoms with E-state index in [1.165, 1.54) is 11.1 Å². The number of hydrogen-bond acceptors (Lipinski definition) is 4. The van der Waals surface area contributed by atoms with Crippen LogP contribution in [-0.4, -0.2) is 29.0 Å². The average molecular weight is 344 g/mol. The molecule has 0 amide bonds. The minimum atomic E-state index is -0.0428. The van der Waals surface area contributed by atoms with Gasteiger partial charge < -0.3 is 15.8 Å². The Hall–Kier alpha value is -1.69. The Morgan fingerprint density at radius 3 is 3.00 bits per heavy atom. The number of amidine groups is 1. The molecule has 0 aromatic heterocycles. The van der Waals surface area contributed by atoms with Gasteiger partial charge in [-0.25, -0.2) is 0 Å². The summed E-state index contributed by atoms with van der Waals surface area (Å²) in [6, 6.07) is 6.72. The van der Waals surface area contributed by atoms with Crippen LogP contribution >= 0.6 is 11.8 Å². The van der Waals surface area contributed by atoms with Gasteiger partial charge in [-0.2, -0.15) is 0 Å². The average Bonchev–Trinajstić information content (AvgIpc) is 2.86. The summed E-state index contributed by atoms with van der Waals surface area (Å²) in [5.74, 6) is 2.05. The van der Waals surface area contributed by atoms with Crippen LogP contribution in [0.15, 0.2) is 23.2 Å². The maximum absolute atomic E-state index is 7.41. The Bertz CT molecular complexity index is 730. The first kappa shape index (κ1) is 15.8. The van der Waals surface area contributed by atoms with Gasteiger partial charge in [-0.15, -0.1) is 0 Å². The van der Waals surface area contributed by atoms with E-state index < -0.39 is 0 Å². The first-order valence-electron chi connectivity index (χ1n) is 8.49. The lowest BCUT2D eigenvalue weighted by molar-refractivity contribution is 0.357.